The zero-order valence-corrected chi connectivity index (χ0v) is 14.8. The highest BCUT2D eigenvalue weighted by atomic mass is 32.2. The zero-order valence-electron chi connectivity index (χ0n) is 13.2. The molecule has 2 rings (SSSR count). The molecule has 0 saturated carbocycles. The minimum Gasteiger partial charge on any atom is -0.438 e. The smallest absolute Gasteiger partial charge is 0.293 e. The number of hydrogen-bond acceptors (Lipinski definition) is 7. The van der Waals surface area contributed by atoms with E-state index in [1.165, 1.54) is 23.5 Å². The van der Waals surface area contributed by atoms with Crippen molar-refractivity contribution < 1.29 is 17.6 Å². The van der Waals surface area contributed by atoms with E-state index < -0.39 is 21.5 Å². The maximum absolute atomic E-state index is 12.1. The van der Waals surface area contributed by atoms with E-state index >= 15 is 0 Å². The Bertz CT molecular complexity index is 802. The molecule has 0 radical (unpaired) electrons. The van der Waals surface area contributed by atoms with Gasteiger partial charge in [0.1, 0.15) is 5.01 Å². The monoisotopic (exact) mass is 358 g/mol. The van der Waals surface area contributed by atoms with Crippen LogP contribution in [0.25, 0.3) is 0 Å². The Balaban J connectivity index is 2.13. The van der Waals surface area contributed by atoms with Crippen molar-refractivity contribution in [2.24, 2.45) is 0 Å². The normalized spacial score (nSPS) is 12.3. The Morgan fingerprint density at radius 1 is 1.30 bits per heavy atom. The molecule has 10 heteroatoms. The summed E-state index contributed by atoms with van der Waals surface area (Å²) in [6.07, 6.45) is 0.717. The topological polar surface area (TPSA) is 114 Å². The Morgan fingerprint density at radius 2 is 2.00 bits per heavy atom. The SMILES string of the molecule is CCc1nnc(NC(=O)c2ccc(S(=O)(=O)NC(C)(C)C)o2)s1. The van der Waals surface area contributed by atoms with Crippen LogP contribution in [-0.2, 0) is 16.4 Å². The van der Waals surface area contributed by atoms with Crippen LogP contribution < -0.4 is 10.0 Å². The van der Waals surface area contributed by atoms with E-state index in [9.17, 15) is 13.2 Å². The van der Waals surface area contributed by atoms with Crippen LogP contribution in [0.3, 0.4) is 0 Å². The van der Waals surface area contributed by atoms with Crippen LogP contribution in [0, 0.1) is 0 Å². The molecule has 2 aromatic rings. The summed E-state index contributed by atoms with van der Waals surface area (Å²) >= 11 is 1.25. The van der Waals surface area contributed by atoms with Crippen LogP contribution in [0.15, 0.2) is 21.6 Å². The first-order valence-electron chi connectivity index (χ1n) is 6.88. The molecule has 2 aromatic heterocycles. The summed E-state index contributed by atoms with van der Waals surface area (Å²) in [5.41, 5.74) is -0.656. The van der Waals surface area contributed by atoms with Crippen molar-refractivity contribution in [1.82, 2.24) is 14.9 Å². The van der Waals surface area contributed by atoms with E-state index in [0.717, 1.165) is 11.4 Å². The van der Waals surface area contributed by atoms with Gasteiger partial charge < -0.3 is 4.42 Å². The van der Waals surface area contributed by atoms with Gasteiger partial charge in [-0.25, -0.2) is 13.1 Å². The highest BCUT2D eigenvalue weighted by Gasteiger charge is 2.26. The maximum Gasteiger partial charge on any atom is 0.293 e. The van der Waals surface area contributed by atoms with Crippen molar-refractivity contribution in [3.05, 3.63) is 22.9 Å². The first-order chi connectivity index (χ1) is 10.6. The fourth-order valence-corrected chi connectivity index (χ4v) is 3.67. The lowest BCUT2D eigenvalue weighted by molar-refractivity contribution is 0.0991. The number of sulfonamides is 1. The summed E-state index contributed by atoms with van der Waals surface area (Å²) in [5.74, 6) is -0.700. The minimum absolute atomic E-state index is 0.118. The summed E-state index contributed by atoms with van der Waals surface area (Å²) in [6, 6.07) is 2.54. The first kappa shape index (κ1) is 17.6. The fraction of sp³-hybridized carbons (Fsp3) is 0.462. The number of carbonyl (C=O) groups excluding carboxylic acids is 1. The van der Waals surface area contributed by atoms with Crippen molar-refractivity contribution in [3.8, 4) is 0 Å². The van der Waals surface area contributed by atoms with Gasteiger partial charge in [0.25, 0.3) is 15.9 Å². The van der Waals surface area contributed by atoms with Crippen molar-refractivity contribution in [2.75, 3.05) is 5.32 Å². The van der Waals surface area contributed by atoms with E-state index in [1.54, 1.807) is 20.8 Å². The number of nitrogens with one attached hydrogen (secondary N) is 2. The van der Waals surface area contributed by atoms with Crippen molar-refractivity contribution >= 4 is 32.4 Å². The molecule has 0 saturated heterocycles. The number of anilines is 1. The van der Waals surface area contributed by atoms with Gasteiger partial charge in [0, 0.05) is 5.54 Å². The molecule has 2 heterocycles. The van der Waals surface area contributed by atoms with Crippen LogP contribution in [0.5, 0.6) is 0 Å². The fourth-order valence-electron chi connectivity index (χ4n) is 1.65. The molecule has 126 valence electrons. The third kappa shape index (κ3) is 4.60. The van der Waals surface area contributed by atoms with E-state index in [0.29, 0.717) is 5.13 Å². The highest BCUT2D eigenvalue weighted by molar-refractivity contribution is 7.89. The van der Waals surface area contributed by atoms with Gasteiger partial charge in [0.15, 0.2) is 5.76 Å². The van der Waals surface area contributed by atoms with Gasteiger partial charge in [-0.2, -0.15) is 0 Å². The number of nitrogens with zero attached hydrogens (tertiary/aromatic N) is 2. The summed E-state index contributed by atoms with van der Waals surface area (Å²) in [6.45, 7) is 7.06. The second-order valence-electron chi connectivity index (χ2n) is 5.78. The van der Waals surface area contributed by atoms with Gasteiger partial charge in [0.2, 0.25) is 10.2 Å². The third-order valence-corrected chi connectivity index (χ3v) is 5.11. The number of carbonyl (C=O) groups is 1. The number of aromatic nitrogens is 2. The van der Waals surface area contributed by atoms with Crippen molar-refractivity contribution in [1.29, 1.82) is 0 Å². The lowest BCUT2D eigenvalue weighted by Gasteiger charge is -2.18. The average molecular weight is 358 g/mol. The molecule has 0 atom stereocenters. The predicted molar refractivity (Wildman–Crippen MR) is 86.0 cm³/mol. The Morgan fingerprint density at radius 3 is 2.57 bits per heavy atom. The summed E-state index contributed by atoms with van der Waals surface area (Å²) in [4.78, 5) is 12.1. The number of furan rings is 1. The lowest BCUT2D eigenvalue weighted by atomic mass is 10.1. The lowest BCUT2D eigenvalue weighted by Crippen LogP contribution is -2.40. The number of aryl methyl sites for hydroxylation is 1. The van der Waals surface area contributed by atoms with Gasteiger partial charge in [0.05, 0.1) is 0 Å². The molecular formula is C13H18N4O4S2. The molecular weight excluding hydrogens is 340 g/mol. The molecule has 8 nitrogen and oxygen atoms in total. The van der Waals surface area contributed by atoms with Crippen LogP contribution in [0.2, 0.25) is 0 Å². The molecule has 0 aliphatic carbocycles. The second-order valence-corrected chi connectivity index (χ2v) is 8.46. The number of rotatable bonds is 5. The molecule has 0 bridgehead atoms. The maximum atomic E-state index is 12.1. The Labute approximate surface area is 138 Å². The van der Waals surface area contributed by atoms with Gasteiger partial charge in [-0.05, 0) is 39.3 Å². The molecule has 2 N–H and O–H groups in total. The Kier molecular flexibility index (Phi) is 4.87. The minimum atomic E-state index is -3.83. The van der Waals surface area contributed by atoms with Crippen LogP contribution >= 0.6 is 11.3 Å². The van der Waals surface area contributed by atoms with Crippen LogP contribution in [-0.4, -0.2) is 30.1 Å². The van der Waals surface area contributed by atoms with E-state index in [2.05, 4.69) is 20.2 Å². The van der Waals surface area contributed by atoms with Crippen LogP contribution in [0.1, 0.15) is 43.3 Å². The molecule has 0 aliphatic rings. The first-order valence-corrected chi connectivity index (χ1v) is 9.18. The molecule has 23 heavy (non-hydrogen) atoms. The second kappa shape index (κ2) is 6.38. The Hall–Kier alpha value is -1.78. The quantitative estimate of drug-likeness (QED) is 0.845. The predicted octanol–water partition coefficient (Wildman–Crippen LogP) is 2.02. The average Bonchev–Trinajstić information content (AvgIpc) is 3.04. The van der Waals surface area contributed by atoms with Gasteiger partial charge in [-0.15, -0.1) is 10.2 Å². The number of hydrogen-bond donors (Lipinski definition) is 2. The summed E-state index contributed by atoms with van der Waals surface area (Å²) < 4.78 is 31.9. The van der Waals surface area contributed by atoms with E-state index in [1.807, 2.05) is 6.92 Å². The molecule has 0 aliphatic heterocycles. The zero-order chi connectivity index (χ0) is 17.3. The molecule has 1 amide bonds. The van der Waals surface area contributed by atoms with Gasteiger partial charge >= 0.3 is 0 Å². The third-order valence-electron chi connectivity index (χ3n) is 2.50. The molecule has 0 spiro atoms. The summed E-state index contributed by atoms with van der Waals surface area (Å²) in [7, 11) is -3.83. The standard InChI is InChI=1S/C13H18N4O4S2/c1-5-9-15-16-12(22-9)14-11(18)8-6-7-10(21-8)23(19,20)17-13(2,3)4/h6-7,17H,5H2,1-4H3,(H,14,16,18). The van der Waals surface area contributed by atoms with Gasteiger partial charge in [-0.3, -0.25) is 10.1 Å². The van der Waals surface area contributed by atoms with E-state index in [-0.39, 0.29) is 10.9 Å². The largest absolute Gasteiger partial charge is 0.438 e. The van der Waals surface area contributed by atoms with Crippen LogP contribution in [0.4, 0.5) is 5.13 Å². The van der Waals surface area contributed by atoms with Crippen molar-refractivity contribution in [3.63, 3.8) is 0 Å². The van der Waals surface area contributed by atoms with E-state index in [4.69, 9.17) is 4.42 Å². The molecule has 0 fully saturated rings. The number of amides is 1. The molecule has 0 aromatic carbocycles. The van der Waals surface area contributed by atoms with Crippen molar-refractivity contribution in [2.45, 2.75) is 44.7 Å². The summed E-state index contributed by atoms with van der Waals surface area (Å²) in [5, 5.41) is 11.0. The highest BCUT2D eigenvalue weighted by Crippen LogP contribution is 2.19. The molecule has 0 unspecified atom stereocenters. The van der Waals surface area contributed by atoms with Gasteiger partial charge in [-0.1, -0.05) is 18.3 Å².